The lowest BCUT2D eigenvalue weighted by molar-refractivity contribution is 0.250. The van der Waals surface area contributed by atoms with Crippen molar-refractivity contribution in [3.05, 3.63) is 72.3 Å². The first-order chi connectivity index (χ1) is 11.2. The van der Waals surface area contributed by atoms with Gasteiger partial charge in [0.05, 0.1) is 6.54 Å². The highest BCUT2D eigenvalue weighted by atomic mass is 16.4. The molecule has 0 aliphatic heterocycles. The van der Waals surface area contributed by atoms with Crippen LogP contribution in [0.4, 0.5) is 10.5 Å². The molecule has 2 aromatic carbocycles. The van der Waals surface area contributed by atoms with Gasteiger partial charge in [0.15, 0.2) is 0 Å². The van der Waals surface area contributed by atoms with Gasteiger partial charge in [0.1, 0.15) is 11.5 Å². The molecule has 0 saturated carbocycles. The lowest BCUT2D eigenvalue weighted by Crippen LogP contribution is -2.28. The highest BCUT2D eigenvalue weighted by Gasteiger charge is 2.12. The number of urea groups is 1. The molecule has 23 heavy (non-hydrogen) atoms. The molecule has 0 aliphatic carbocycles. The van der Waals surface area contributed by atoms with Gasteiger partial charge in [-0.1, -0.05) is 48.5 Å². The van der Waals surface area contributed by atoms with Crippen LogP contribution in [0.25, 0.3) is 11.3 Å². The molecular formula is C18H17N3O2. The molecule has 1 heterocycles. The van der Waals surface area contributed by atoms with E-state index in [4.69, 9.17) is 4.42 Å². The number of oxazole rings is 1. The molecule has 0 atom stereocenters. The number of carbonyl (C=O) groups excluding carboxylic acids is 1. The molecule has 0 fully saturated rings. The van der Waals surface area contributed by atoms with Crippen molar-refractivity contribution >= 4 is 11.7 Å². The molecule has 3 rings (SSSR count). The Hall–Kier alpha value is -3.08. The van der Waals surface area contributed by atoms with Gasteiger partial charge in [-0.15, -0.1) is 0 Å². The van der Waals surface area contributed by atoms with Crippen LogP contribution in [0.3, 0.4) is 0 Å². The maximum Gasteiger partial charge on any atom is 0.319 e. The van der Waals surface area contributed by atoms with Gasteiger partial charge in [-0.05, 0) is 19.1 Å². The van der Waals surface area contributed by atoms with Gasteiger partial charge in [0, 0.05) is 11.3 Å². The second kappa shape index (κ2) is 6.79. The minimum Gasteiger partial charge on any atom is -0.443 e. The molecule has 2 amide bonds. The summed E-state index contributed by atoms with van der Waals surface area (Å²) in [6, 6.07) is 18.8. The second-order valence-electron chi connectivity index (χ2n) is 5.05. The summed E-state index contributed by atoms with van der Waals surface area (Å²) in [6.07, 6.45) is 0. The number of aryl methyl sites for hydroxylation is 1. The number of rotatable bonds is 4. The zero-order valence-corrected chi connectivity index (χ0v) is 12.7. The number of nitrogens with one attached hydrogen (secondary N) is 2. The van der Waals surface area contributed by atoms with Crippen molar-refractivity contribution in [3.8, 4) is 11.3 Å². The molecule has 2 N–H and O–H groups in total. The number of benzene rings is 2. The largest absolute Gasteiger partial charge is 0.443 e. The number of hydrogen-bond acceptors (Lipinski definition) is 3. The number of carbonyl (C=O) groups is 1. The Balaban J connectivity index is 1.62. The van der Waals surface area contributed by atoms with Gasteiger partial charge in [-0.25, -0.2) is 9.78 Å². The van der Waals surface area contributed by atoms with E-state index in [1.54, 1.807) is 0 Å². The summed E-state index contributed by atoms with van der Waals surface area (Å²) in [5.41, 5.74) is 2.53. The van der Waals surface area contributed by atoms with Gasteiger partial charge >= 0.3 is 6.03 Å². The quantitative estimate of drug-likeness (QED) is 0.766. The van der Waals surface area contributed by atoms with Gasteiger partial charge < -0.3 is 15.1 Å². The second-order valence-corrected chi connectivity index (χ2v) is 5.05. The van der Waals surface area contributed by atoms with Crippen LogP contribution in [-0.2, 0) is 6.54 Å². The van der Waals surface area contributed by atoms with Crippen molar-refractivity contribution in [1.29, 1.82) is 0 Å². The molecule has 3 aromatic rings. The summed E-state index contributed by atoms with van der Waals surface area (Å²) in [4.78, 5) is 16.3. The summed E-state index contributed by atoms with van der Waals surface area (Å²) in [6.45, 7) is 2.09. The lowest BCUT2D eigenvalue weighted by Gasteiger charge is -2.05. The Labute approximate surface area is 134 Å². The normalized spacial score (nSPS) is 10.3. The van der Waals surface area contributed by atoms with Crippen molar-refractivity contribution in [2.75, 3.05) is 5.32 Å². The SMILES string of the molecule is Cc1oc(CNC(=O)Nc2ccccc2)nc1-c1ccccc1. The van der Waals surface area contributed by atoms with E-state index in [2.05, 4.69) is 15.6 Å². The molecule has 0 unspecified atom stereocenters. The molecule has 0 bridgehead atoms. The number of hydrogen-bond donors (Lipinski definition) is 2. The zero-order chi connectivity index (χ0) is 16.1. The van der Waals surface area contributed by atoms with Crippen LogP contribution in [0.5, 0.6) is 0 Å². The van der Waals surface area contributed by atoms with Gasteiger partial charge in [0.2, 0.25) is 5.89 Å². The van der Waals surface area contributed by atoms with Crippen molar-refractivity contribution in [1.82, 2.24) is 10.3 Å². The van der Waals surface area contributed by atoms with E-state index in [9.17, 15) is 4.79 Å². The fourth-order valence-electron chi connectivity index (χ4n) is 2.24. The Kier molecular flexibility index (Phi) is 4.38. The molecule has 0 spiro atoms. The Morgan fingerprint density at radius 2 is 1.70 bits per heavy atom. The van der Waals surface area contributed by atoms with E-state index < -0.39 is 0 Å². The van der Waals surface area contributed by atoms with Crippen LogP contribution in [0.2, 0.25) is 0 Å². The average Bonchev–Trinajstić information content (AvgIpc) is 2.96. The molecule has 0 aliphatic rings. The van der Waals surface area contributed by atoms with Crippen LogP contribution in [0.15, 0.2) is 65.1 Å². The first kappa shape index (κ1) is 14.8. The topological polar surface area (TPSA) is 67.2 Å². The molecule has 0 radical (unpaired) electrons. The molecule has 116 valence electrons. The van der Waals surface area contributed by atoms with E-state index in [0.717, 1.165) is 22.7 Å². The Bertz CT molecular complexity index is 783. The highest BCUT2D eigenvalue weighted by molar-refractivity contribution is 5.89. The smallest absolute Gasteiger partial charge is 0.319 e. The summed E-state index contributed by atoms with van der Waals surface area (Å²) >= 11 is 0. The molecule has 5 heteroatoms. The highest BCUT2D eigenvalue weighted by Crippen LogP contribution is 2.22. The zero-order valence-electron chi connectivity index (χ0n) is 12.7. The number of para-hydroxylation sites is 1. The van der Waals surface area contributed by atoms with E-state index in [1.165, 1.54) is 0 Å². The van der Waals surface area contributed by atoms with Gasteiger partial charge in [0.25, 0.3) is 0 Å². The van der Waals surface area contributed by atoms with Crippen LogP contribution in [0.1, 0.15) is 11.7 Å². The lowest BCUT2D eigenvalue weighted by atomic mass is 10.1. The standard InChI is InChI=1S/C18H17N3O2/c1-13-17(14-8-4-2-5-9-14)21-16(23-13)12-19-18(22)20-15-10-6-3-7-11-15/h2-11H,12H2,1H3,(H2,19,20,22). The van der Waals surface area contributed by atoms with E-state index in [0.29, 0.717) is 5.89 Å². The predicted octanol–water partition coefficient (Wildman–Crippen LogP) is 3.97. The minimum atomic E-state index is -0.298. The Morgan fingerprint density at radius 1 is 1.04 bits per heavy atom. The number of aromatic nitrogens is 1. The minimum absolute atomic E-state index is 0.229. The summed E-state index contributed by atoms with van der Waals surface area (Å²) in [5, 5.41) is 5.48. The summed E-state index contributed by atoms with van der Waals surface area (Å²) < 4.78 is 5.62. The number of amides is 2. The third-order valence-electron chi connectivity index (χ3n) is 3.32. The van der Waals surface area contributed by atoms with Crippen molar-refractivity contribution in [2.45, 2.75) is 13.5 Å². The number of nitrogens with zero attached hydrogens (tertiary/aromatic N) is 1. The fourth-order valence-corrected chi connectivity index (χ4v) is 2.24. The monoisotopic (exact) mass is 307 g/mol. The van der Waals surface area contributed by atoms with E-state index in [1.807, 2.05) is 67.6 Å². The number of anilines is 1. The van der Waals surface area contributed by atoms with Crippen LogP contribution < -0.4 is 10.6 Å². The van der Waals surface area contributed by atoms with Gasteiger partial charge in [-0.3, -0.25) is 0 Å². The third-order valence-corrected chi connectivity index (χ3v) is 3.32. The maximum absolute atomic E-state index is 11.9. The van der Waals surface area contributed by atoms with Crippen LogP contribution >= 0.6 is 0 Å². The fraction of sp³-hybridized carbons (Fsp3) is 0.111. The molecule has 5 nitrogen and oxygen atoms in total. The first-order valence-corrected chi connectivity index (χ1v) is 7.34. The van der Waals surface area contributed by atoms with Gasteiger partial charge in [-0.2, -0.15) is 0 Å². The predicted molar refractivity (Wildman–Crippen MR) is 89.0 cm³/mol. The van der Waals surface area contributed by atoms with Crippen molar-refractivity contribution in [2.24, 2.45) is 0 Å². The summed E-state index contributed by atoms with van der Waals surface area (Å²) in [5.74, 6) is 1.21. The third kappa shape index (κ3) is 3.77. The molecule has 1 aromatic heterocycles. The van der Waals surface area contributed by atoms with E-state index >= 15 is 0 Å². The molecular weight excluding hydrogens is 290 g/mol. The Morgan fingerprint density at radius 3 is 2.39 bits per heavy atom. The van der Waals surface area contributed by atoms with Crippen molar-refractivity contribution < 1.29 is 9.21 Å². The van der Waals surface area contributed by atoms with Crippen LogP contribution in [-0.4, -0.2) is 11.0 Å². The first-order valence-electron chi connectivity index (χ1n) is 7.34. The summed E-state index contributed by atoms with van der Waals surface area (Å²) in [7, 11) is 0. The molecule has 0 saturated heterocycles. The van der Waals surface area contributed by atoms with Crippen LogP contribution in [0, 0.1) is 6.92 Å². The average molecular weight is 307 g/mol. The van der Waals surface area contributed by atoms with Crippen molar-refractivity contribution in [3.63, 3.8) is 0 Å². The van der Waals surface area contributed by atoms with E-state index in [-0.39, 0.29) is 12.6 Å². The maximum atomic E-state index is 11.9.